The van der Waals surface area contributed by atoms with E-state index in [2.05, 4.69) is 5.32 Å². The number of nitro benzene ring substituents is 1. The Morgan fingerprint density at radius 1 is 1.50 bits per heavy atom. The molecule has 1 aliphatic rings. The minimum atomic E-state index is -0.606. The SMILES string of the molecule is Nc1c(C(=O)NCCOCC2CC2)cccc1[N+](=O)[O-]. The number of benzene rings is 1. The van der Waals surface area contributed by atoms with E-state index in [1.165, 1.54) is 31.0 Å². The van der Waals surface area contributed by atoms with Crippen LogP contribution in [0, 0.1) is 16.0 Å². The Hall–Kier alpha value is -2.15. The summed E-state index contributed by atoms with van der Waals surface area (Å²) in [5.74, 6) is 0.249. The van der Waals surface area contributed by atoms with Crippen molar-refractivity contribution in [1.82, 2.24) is 5.32 Å². The first-order valence-corrected chi connectivity index (χ1v) is 6.48. The molecule has 0 heterocycles. The Morgan fingerprint density at radius 3 is 2.90 bits per heavy atom. The van der Waals surface area contributed by atoms with Crippen molar-refractivity contribution in [2.75, 3.05) is 25.5 Å². The van der Waals surface area contributed by atoms with Crippen LogP contribution in [0.5, 0.6) is 0 Å². The number of nitrogens with zero attached hydrogens (tertiary/aromatic N) is 1. The van der Waals surface area contributed by atoms with E-state index < -0.39 is 10.8 Å². The number of nitrogens with two attached hydrogens (primary N) is 1. The molecule has 0 aromatic heterocycles. The van der Waals surface area contributed by atoms with Crippen LogP contribution in [0.3, 0.4) is 0 Å². The van der Waals surface area contributed by atoms with E-state index in [9.17, 15) is 14.9 Å². The molecule has 0 saturated heterocycles. The highest BCUT2D eigenvalue weighted by molar-refractivity contribution is 6.00. The second kappa shape index (κ2) is 6.33. The summed E-state index contributed by atoms with van der Waals surface area (Å²) in [6.07, 6.45) is 2.44. The standard InChI is InChI=1S/C13H17N3O4/c14-12-10(2-1-3-11(12)16(18)19)13(17)15-6-7-20-8-9-4-5-9/h1-3,9H,4-8,14H2,(H,15,17). The summed E-state index contributed by atoms with van der Waals surface area (Å²) in [6.45, 7) is 1.51. The van der Waals surface area contributed by atoms with Gasteiger partial charge in [0.25, 0.3) is 11.6 Å². The average Bonchev–Trinajstić information content (AvgIpc) is 3.22. The molecule has 1 fully saturated rings. The zero-order valence-electron chi connectivity index (χ0n) is 11.0. The first-order chi connectivity index (χ1) is 9.59. The molecular formula is C13H17N3O4. The van der Waals surface area contributed by atoms with Crippen LogP contribution in [0.2, 0.25) is 0 Å². The Kier molecular flexibility index (Phi) is 4.52. The van der Waals surface area contributed by atoms with Crippen molar-refractivity contribution in [2.45, 2.75) is 12.8 Å². The lowest BCUT2D eigenvalue weighted by atomic mass is 10.1. The van der Waals surface area contributed by atoms with Gasteiger partial charge >= 0.3 is 0 Å². The van der Waals surface area contributed by atoms with Crippen molar-refractivity contribution in [2.24, 2.45) is 5.92 Å². The molecule has 108 valence electrons. The molecule has 0 spiro atoms. The van der Waals surface area contributed by atoms with Crippen LogP contribution in [0.1, 0.15) is 23.2 Å². The summed E-state index contributed by atoms with van der Waals surface area (Å²) >= 11 is 0. The molecule has 7 nitrogen and oxygen atoms in total. The van der Waals surface area contributed by atoms with Gasteiger partial charge in [0.1, 0.15) is 5.69 Å². The summed E-state index contributed by atoms with van der Waals surface area (Å²) in [6, 6.07) is 4.17. The molecule has 1 aromatic rings. The van der Waals surface area contributed by atoms with Gasteiger partial charge in [-0.25, -0.2) is 0 Å². The van der Waals surface area contributed by atoms with Gasteiger partial charge in [0, 0.05) is 19.2 Å². The van der Waals surface area contributed by atoms with E-state index in [1.807, 2.05) is 0 Å². The van der Waals surface area contributed by atoms with Gasteiger partial charge in [0.05, 0.1) is 17.1 Å². The average molecular weight is 279 g/mol. The fraction of sp³-hybridized carbons (Fsp3) is 0.462. The number of carbonyl (C=O) groups excluding carboxylic acids is 1. The molecule has 0 unspecified atom stereocenters. The summed E-state index contributed by atoms with van der Waals surface area (Å²) in [5.41, 5.74) is 5.36. The van der Waals surface area contributed by atoms with Gasteiger partial charge < -0.3 is 15.8 Å². The van der Waals surface area contributed by atoms with Crippen molar-refractivity contribution in [3.8, 4) is 0 Å². The molecule has 1 saturated carbocycles. The summed E-state index contributed by atoms with van der Waals surface area (Å²) in [7, 11) is 0. The molecule has 2 rings (SSSR count). The van der Waals surface area contributed by atoms with E-state index in [0.29, 0.717) is 19.1 Å². The Morgan fingerprint density at radius 2 is 2.25 bits per heavy atom. The molecule has 1 aliphatic carbocycles. The highest BCUT2D eigenvalue weighted by Gasteiger charge is 2.21. The molecule has 7 heteroatoms. The lowest BCUT2D eigenvalue weighted by Crippen LogP contribution is -2.28. The number of para-hydroxylation sites is 1. The maximum atomic E-state index is 11.9. The van der Waals surface area contributed by atoms with Crippen molar-refractivity contribution >= 4 is 17.3 Å². The zero-order chi connectivity index (χ0) is 14.5. The number of carbonyl (C=O) groups is 1. The van der Waals surface area contributed by atoms with Crippen molar-refractivity contribution in [3.63, 3.8) is 0 Å². The number of hydrogen-bond donors (Lipinski definition) is 2. The van der Waals surface area contributed by atoms with Gasteiger partial charge in [-0.2, -0.15) is 0 Å². The maximum absolute atomic E-state index is 11.9. The molecule has 1 aromatic carbocycles. The van der Waals surface area contributed by atoms with E-state index in [1.54, 1.807) is 0 Å². The summed E-state index contributed by atoms with van der Waals surface area (Å²) in [5, 5.41) is 13.4. The van der Waals surface area contributed by atoms with Crippen LogP contribution in [0.25, 0.3) is 0 Å². The van der Waals surface area contributed by atoms with Gasteiger partial charge in [-0.05, 0) is 24.8 Å². The van der Waals surface area contributed by atoms with Crippen molar-refractivity contribution in [3.05, 3.63) is 33.9 Å². The lowest BCUT2D eigenvalue weighted by Gasteiger charge is -2.08. The molecule has 0 aliphatic heterocycles. The predicted octanol–water partition coefficient (Wildman–Crippen LogP) is 1.33. The van der Waals surface area contributed by atoms with Crippen molar-refractivity contribution < 1.29 is 14.5 Å². The quantitative estimate of drug-likeness (QED) is 0.339. The third-order valence-corrected chi connectivity index (χ3v) is 3.11. The highest BCUT2D eigenvalue weighted by atomic mass is 16.6. The summed E-state index contributed by atoms with van der Waals surface area (Å²) in [4.78, 5) is 22.0. The first-order valence-electron chi connectivity index (χ1n) is 6.48. The molecule has 0 bridgehead atoms. The van der Waals surface area contributed by atoms with Crippen LogP contribution in [0.4, 0.5) is 11.4 Å². The second-order valence-electron chi connectivity index (χ2n) is 4.77. The van der Waals surface area contributed by atoms with Gasteiger partial charge in [-0.15, -0.1) is 0 Å². The van der Waals surface area contributed by atoms with Crippen LogP contribution in [-0.2, 0) is 4.74 Å². The third kappa shape index (κ3) is 3.67. The number of nitrogen functional groups attached to an aromatic ring is 1. The monoisotopic (exact) mass is 279 g/mol. The van der Waals surface area contributed by atoms with E-state index in [4.69, 9.17) is 10.5 Å². The van der Waals surface area contributed by atoms with Gasteiger partial charge in [-0.1, -0.05) is 6.07 Å². The van der Waals surface area contributed by atoms with Gasteiger partial charge in [0.15, 0.2) is 0 Å². The maximum Gasteiger partial charge on any atom is 0.292 e. The lowest BCUT2D eigenvalue weighted by molar-refractivity contribution is -0.383. The van der Waals surface area contributed by atoms with Crippen LogP contribution >= 0.6 is 0 Å². The van der Waals surface area contributed by atoms with Crippen molar-refractivity contribution in [1.29, 1.82) is 0 Å². The Balaban J connectivity index is 1.84. The number of anilines is 1. The smallest absolute Gasteiger partial charge is 0.292 e. The minimum Gasteiger partial charge on any atom is -0.393 e. The number of amides is 1. The largest absolute Gasteiger partial charge is 0.393 e. The van der Waals surface area contributed by atoms with Gasteiger partial charge in [-0.3, -0.25) is 14.9 Å². The fourth-order valence-corrected chi connectivity index (χ4v) is 1.78. The molecule has 20 heavy (non-hydrogen) atoms. The third-order valence-electron chi connectivity index (χ3n) is 3.11. The number of ether oxygens (including phenoxy) is 1. The molecule has 0 radical (unpaired) electrons. The van der Waals surface area contributed by atoms with E-state index >= 15 is 0 Å². The molecule has 3 N–H and O–H groups in total. The minimum absolute atomic E-state index is 0.112. The Bertz CT molecular complexity index is 514. The number of hydrogen-bond acceptors (Lipinski definition) is 5. The van der Waals surface area contributed by atoms with Crippen LogP contribution in [0.15, 0.2) is 18.2 Å². The predicted molar refractivity (Wildman–Crippen MR) is 73.4 cm³/mol. The number of rotatable bonds is 7. The Labute approximate surface area is 116 Å². The second-order valence-corrected chi connectivity index (χ2v) is 4.77. The zero-order valence-corrected chi connectivity index (χ0v) is 11.0. The van der Waals surface area contributed by atoms with Crippen LogP contribution in [-0.4, -0.2) is 30.6 Å². The number of nitro groups is 1. The van der Waals surface area contributed by atoms with Gasteiger partial charge in [0.2, 0.25) is 0 Å². The van der Waals surface area contributed by atoms with E-state index in [-0.39, 0.29) is 16.9 Å². The highest BCUT2D eigenvalue weighted by Crippen LogP contribution is 2.28. The molecular weight excluding hydrogens is 262 g/mol. The summed E-state index contributed by atoms with van der Waals surface area (Å²) < 4.78 is 5.38. The van der Waals surface area contributed by atoms with Crippen LogP contribution < -0.4 is 11.1 Å². The number of nitrogens with one attached hydrogen (secondary N) is 1. The normalized spacial score (nSPS) is 14.0. The molecule has 1 amide bonds. The topological polar surface area (TPSA) is 107 Å². The molecule has 0 atom stereocenters. The first kappa shape index (κ1) is 14.3. The fourth-order valence-electron chi connectivity index (χ4n) is 1.78. The van der Waals surface area contributed by atoms with E-state index in [0.717, 1.165) is 6.61 Å².